The van der Waals surface area contributed by atoms with Gasteiger partial charge in [0.15, 0.2) is 0 Å². The predicted octanol–water partition coefficient (Wildman–Crippen LogP) is 3.99. The van der Waals surface area contributed by atoms with Crippen molar-refractivity contribution in [1.82, 2.24) is 0 Å². The molecule has 0 aliphatic heterocycles. The van der Waals surface area contributed by atoms with Gasteiger partial charge in [0.2, 0.25) is 0 Å². The Hall–Kier alpha value is -0.560. The number of benzene rings is 3. The zero-order valence-corrected chi connectivity index (χ0v) is 8.83. The molecule has 0 aliphatic rings. The van der Waals surface area contributed by atoms with E-state index in [1.807, 2.05) is 0 Å². The Balaban J connectivity index is 0.000000853. The quantitative estimate of drug-likeness (QED) is 0.500. The summed E-state index contributed by atoms with van der Waals surface area (Å²) in [5.74, 6) is 0. The number of fused-ring (bicyclic) bond motifs is 2. The molecule has 3 rings (SSSR count). The van der Waals surface area contributed by atoms with Crippen molar-refractivity contribution in [3.05, 3.63) is 60.7 Å². The Morgan fingerprint density at radius 1 is 0.467 bits per heavy atom. The summed E-state index contributed by atoms with van der Waals surface area (Å²) in [5.41, 5.74) is 0. The van der Waals surface area contributed by atoms with Gasteiger partial charge in [-0.05, 0) is 33.7 Å². The SMILES string of the molecule is [Ar].c1ccc2cc3ccccc3cc2c1. The molecule has 3 aromatic carbocycles. The minimum atomic E-state index is 0. The van der Waals surface area contributed by atoms with Gasteiger partial charge in [0.05, 0.1) is 0 Å². The largest absolute Gasteiger partial charge is 0.0616 e. The van der Waals surface area contributed by atoms with Crippen LogP contribution in [0.15, 0.2) is 60.7 Å². The number of hydrogen-bond donors (Lipinski definition) is 0. The average molecular weight is 218 g/mol. The minimum absolute atomic E-state index is 0. The fraction of sp³-hybridized carbons (Fsp3) is 0. The molecule has 0 aliphatic carbocycles. The molecular formula is C14H10Ar. The Labute approximate surface area is 119 Å². The van der Waals surface area contributed by atoms with E-state index >= 15 is 0 Å². The third-order valence-electron chi connectivity index (χ3n) is 2.61. The van der Waals surface area contributed by atoms with Crippen molar-refractivity contribution in [2.45, 2.75) is 0 Å². The molecule has 0 nitrogen and oxygen atoms in total. The van der Waals surface area contributed by atoms with Gasteiger partial charge in [0, 0.05) is 37.7 Å². The van der Waals surface area contributed by atoms with Crippen LogP contribution < -0.4 is 0 Å². The summed E-state index contributed by atoms with van der Waals surface area (Å²) in [5, 5.41) is 5.25. The molecule has 0 radical (unpaired) electrons. The van der Waals surface area contributed by atoms with Crippen LogP contribution in [0.5, 0.6) is 0 Å². The molecule has 0 N–H and O–H groups in total. The van der Waals surface area contributed by atoms with Crippen LogP contribution in [-0.4, -0.2) is 0 Å². The fourth-order valence-electron chi connectivity index (χ4n) is 1.88. The van der Waals surface area contributed by atoms with Gasteiger partial charge in [-0.1, -0.05) is 48.5 Å². The normalized spacial score (nSPS) is 10.1. The first-order valence-corrected chi connectivity index (χ1v) is 4.81. The van der Waals surface area contributed by atoms with Crippen LogP contribution in [0.4, 0.5) is 0 Å². The first-order valence-electron chi connectivity index (χ1n) is 4.81. The van der Waals surface area contributed by atoms with E-state index in [0.29, 0.717) is 0 Å². The molecule has 15 heavy (non-hydrogen) atoms. The molecule has 0 amide bonds. The van der Waals surface area contributed by atoms with Gasteiger partial charge < -0.3 is 0 Å². The molecule has 1 heteroatoms. The van der Waals surface area contributed by atoms with Gasteiger partial charge in [0.25, 0.3) is 0 Å². The first kappa shape index (κ1) is 10.9. The topological polar surface area (TPSA) is 0 Å². The Kier molecular flexibility index (Phi) is 3.30. The van der Waals surface area contributed by atoms with E-state index in [1.165, 1.54) is 21.5 Å². The summed E-state index contributed by atoms with van der Waals surface area (Å²) in [6, 6.07) is 21.4. The standard InChI is InChI=1S/C14H10.Ar/c1-2-6-12-10-14-8-4-3-7-13(14)9-11(12)5-1;/h1-10H;. The Morgan fingerprint density at radius 3 is 1.00 bits per heavy atom. The monoisotopic (exact) mass is 218 g/mol. The van der Waals surface area contributed by atoms with Crippen LogP contribution in [0.25, 0.3) is 21.5 Å². The van der Waals surface area contributed by atoms with Crippen molar-refractivity contribution in [2.24, 2.45) is 0 Å². The maximum absolute atomic E-state index is 2.24. The van der Waals surface area contributed by atoms with Crippen molar-refractivity contribution in [1.29, 1.82) is 0 Å². The van der Waals surface area contributed by atoms with E-state index in [-0.39, 0.29) is 37.7 Å². The van der Waals surface area contributed by atoms with Gasteiger partial charge >= 0.3 is 0 Å². The third kappa shape index (κ3) is 2.03. The van der Waals surface area contributed by atoms with Crippen molar-refractivity contribution in [3.8, 4) is 0 Å². The van der Waals surface area contributed by atoms with E-state index in [9.17, 15) is 0 Å². The summed E-state index contributed by atoms with van der Waals surface area (Å²) in [6.07, 6.45) is 0. The zero-order chi connectivity index (χ0) is 9.38. The van der Waals surface area contributed by atoms with E-state index < -0.39 is 0 Å². The van der Waals surface area contributed by atoms with Crippen LogP contribution in [0.2, 0.25) is 0 Å². The minimum Gasteiger partial charge on any atom is -0.0616 e. The summed E-state index contributed by atoms with van der Waals surface area (Å²) >= 11 is 0. The van der Waals surface area contributed by atoms with Gasteiger partial charge in [0.1, 0.15) is 0 Å². The van der Waals surface area contributed by atoms with E-state index in [1.54, 1.807) is 0 Å². The summed E-state index contributed by atoms with van der Waals surface area (Å²) in [4.78, 5) is 0. The van der Waals surface area contributed by atoms with Crippen molar-refractivity contribution in [2.75, 3.05) is 0 Å². The molecule has 74 valence electrons. The predicted molar refractivity (Wildman–Crippen MR) is 61.5 cm³/mol. The second kappa shape index (κ2) is 4.52. The van der Waals surface area contributed by atoms with Crippen molar-refractivity contribution < 1.29 is 37.7 Å². The van der Waals surface area contributed by atoms with E-state index in [0.717, 1.165) is 0 Å². The van der Waals surface area contributed by atoms with Crippen molar-refractivity contribution in [3.63, 3.8) is 0 Å². The Morgan fingerprint density at radius 2 is 0.733 bits per heavy atom. The molecule has 0 aromatic heterocycles. The third-order valence-corrected chi connectivity index (χ3v) is 2.61. The molecular weight excluding hydrogens is 208 g/mol. The molecule has 0 fully saturated rings. The molecule has 3 aromatic rings. The van der Waals surface area contributed by atoms with E-state index in [2.05, 4.69) is 60.7 Å². The maximum atomic E-state index is 2.24. The van der Waals surface area contributed by atoms with Crippen LogP contribution >= 0.6 is 0 Å². The molecule has 0 saturated heterocycles. The van der Waals surface area contributed by atoms with E-state index in [4.69, 9.17) is 0 Å². The molecule has 0 bridgehead atoms. The van der Waals surface area contributed by atoms with Gasteiger partial charge in [-0.2, -0.15) is 0 Å². The average Bonchev–Trinajstić information content (AvgIpc) is 2.26. The van der Waals surface area contributed by atoms with Gasteiger partial charge in [-0.25, -0.2) is 0 Å². The summed E-state index contributed by atoms with van der Waals surface area (Å²) in [6.45, 7) is 0. The van der Waals surface area contributed by atoms with Crippen LogP contribution in [0.1, 0.15) is 0 Å². The number of hydrogen-bond acceptors (Lipinski definition) is 0. The first-order chi connectivity index (χ1) is 6.93. The fourth-order valence-corrected chi connectivity index (χ4v) is 1.88. The van der Waals surface area contributed by atoms with Crippen LogP contribution in [-0.2, 0) is 0 Å². The van der Waals surface area contributed by atoms with Crippen LogP contribution in [0, 0.1) is 37.7 Å². The smallest absolute Gasteiger partial charge is 0 e. The van der Waals surface area contributed by atoms with Gasteiger partial charge in [-0.3, -0.25) is 0 Å². The Bertz CT molecular complexity index is 494. The second-order valence-corrected chi connectivity index (χ2v) is 3.55. The zero-order valence-electron chi connectivity index (χ0n) is 8.13. The van der Waals surface area contributed by atoms with Crippen LogP contribution in [0.3, 0.4) is 0 Å². The molecule has 0 unspecified atom stereocenters. The van der Waals surface area contributed by atoms with Crippen molar-refractivity contribution >= 4 is 21.5 Å². The molecule has 0 spiro atoms. The molecule has 0 atom stereocenters. The summed E-state index contributed by atoms with van der Waals surface area (Å²) < 4.78 is 0. The molecule has 0 heterocycles. The molecule has 0 saturated carbocycles. The van der Waals surface area contributed by atoms with Gasteiger partial charge in [-0.15, -0.1) is 0 Å². The summed E-state index contributed by atoms with van der Waals surface area (Å²) in [7, 11) is 0. The maximum Gasteiger partial charge on any atom is 0 e. The number of rotatable bonds is 0. The second-order valence-electron chi connectivity index (χ2n) is 3.55.